The van der Waals surface area contributed by atoms with Gasteiger partial charge in [0.15, 0.2) is 5.78 Å². The number of carbonyl (C=O) groups is 1. The smallest absolute Gasteiger partial charge is 0.167 e. The maximum atomic E-state index is 12.1. The fourth-order valence-electron chi connectivity index (χ4n) is 1.97. The van der Waals surface area contributed by atoms with Crippen LogP contribution in [0.15, 0.2) is 47.1 Å². The lowest BCUT2D eigenvalue weighted by atomic mass is 10.1. The molecule has 3 nitrogen and oxygen atoms in total. The fourth-order valence-corrected chi connectivity index (χ4v) is 2.53. The number of benzene rings is 1. The second kappa shape index (κ2) is 8.42. The molecule has 2 aromatic rings. The summed E-state index contributed by atoms with van der Waals surface area (Å²) in [6, 6.07) is 11.5. The largest absolute Gasteiger partial charge is 0.370 e. The van der Waals surface area contributed by atoms with Crippen molar-refractivity contribution in [2.45, 2.75) is 25.9 Å². The van der Waals surface area contributed by atoms with E-state index in [-0.39, 0.29) is 12.2 Å². The summed E-state index contributed by atoms with van der Waals surface area (Å²) in [4.78, 5) is 16.2. The number of nitrogens with zero attached hydrogens (tertiary/aromatic N) is 1. The molecule has 0 saturated carbocycles. The minimum Gasteiger partial charge on any atom is -0.370 e. The van der Waals surface area contributed by atoms with Crippen molar-refractivity contribution in [3.8, 4) is 0 Å². The lowest BCUT2D eigenvalue weighted by Crippen LogP contribution is -2.24. The molecule has 1 aromatic heterocycles. The van der Waals surface area contributed by atoms with Crippen molar-refractivity contribution in [3.05, 3.63) is 63.3 Å². The number of ether oxygens (including phenoxy) is 1. The Balaban J connectivity index is 1.77. The standard InChI is InChI=1S/C17H17BrClNO2/c1-12(17(21)10-16-6-5-15(19)11-20-16)22-8-7-13-3-2-4-14(18)9-13/h2-6,9,11-12H,7-8,10H2,1H3. The Morgan fingerprint density at radius 2 is 2.18 bits per heavy atom. The summed E-state index contributed by atoms with van der Waals surface area (Å²) in [5.74, 6) is 0.0177. The Morgan fingerprint density at radius 3 is 2.86 bits per heavy atom. The van der Waals surface area contributed by atoms with Crippen LogP contribution in [0.25, 0.3) is 0 Å². The Morgan fingerprint density at radius 1 is 1.36 bits per heavy atom. The van der Waals surface area contributed by atoms with Crippen LogP contribution in [0, 0.1) is 0 Å². The van der Waals surface area contributed by atoms with E-state index >= 15 is 0 Å². The zero-order valence-electron chi connectivity index (χ0n) is 12.3. The Labute approximate surface area is 143 Å². The first kappa shape index (κ1) is 17.1. The third-order valence-electron chi connectivity index (χ3n) is 3.25. The van der Waals surface area contributed by atoms with Crippen molar-refractivity contribution >= 4 is 33.3 Å². The van der Waals surface area contributed by atoms with E-state index in [0.717, 1.165) is 10.9 Å². The van der Waals surface area contributed by atoms with Crippen LogP contribution in [-0.2, 0) is 22.4 Å². The summed E-state index contributed by atoms with van der Waals surface area (Å²) in [6.45, 7) is 2.29. The summed E-state index contributed by atoms with van der Waals surface area (Å²) >= 11 is 9.21. The zero-order chi connectivity index (χ0) is 15.9. The zero-order valence-corrected chi connectivity index (χ0v) is 14.6. The highest BCUT2D eigenvalue weighted by atomic mass is 79.9. The summed E-state index contributed by atoms with van der Waals surface area (Å²) in [6.07, 6.45) is 2.14. The number of rotatable bonds is 7. The molecule has 5 heteroatoms. The second-order valence-corrected chi connectivity index (χ2v) is 6.36. The van der Waals surface area contributed by atoms with Crippen LogP contribution in [0.3, 0.4) is 0 Å². The van der Waals surface area contributed by atoms with E-state index in [1.165, 1.54) is 5.56 Å². The van der Waals surface area contributed by atoms with E-state index < -0.39 is 6.10 Å². The first-order valence-electron chi connectivity index (χ1n) is 7.04. The lowest BCUT2D eigenvalue weighted by Gasteiger charge is -2.12. The monoisotopic (exact) mass is 381 g/mol. The molecule has 1 aromatic carbocycles. The topological polar surface area (TPSA) is 39.2 Å². The number of pyridine rings is 1. The van der Waals surface area contributed by atoms with E-state index in [1.54, 1.807) is 25.3 Å². The highest BCUT2D eigenvalue weighted by Crippen LogP contribution is 2.12. The van der Waals surface area contributed by atoms with E-state index in [1.807, 2.05) is 24.3 Å². The van der Waals surface area contributed by atoms with Gasteiger partial charge in [-0.05, 0) is 43.2 Å². The molecular formula is C17H17BrClNO2. The highest BCUT2D eigenvalue weighted by Gasteiger charge is 2.14. The van der Waals surface area contributed by atoms with Crippen LogP contribution in [0.4, 0.5) is 0 Å². The summed E-state index contributed by atoms with van der Waals surface area (Å²) < 4.78 is 6.67. The summed E-state index contributed by atoms with van der Waals surface area (Å²) in [5, 5.41) is 0.564. The van der Waals surface area contributed by atoms with Gasteiger partial charge in [0.25, 0.3) is 0 Å². The van der Waals surface area contributed by atoms with Crippen molar-refractivity contribution in [1.82, 2.24) is 4.98 Å². The Hall–Kier alpha value is -1.23. The van der Waals surface area contributed by atoms with Crippen molar-refractivity contribution in [2.75, 3.05) is 6.61 Å². The average Bonchev–Trinajstić information content (AvgIpc) is 2.49. The molecular weight excluding hydrogens is 366 g/mol. The molecule has 1 unspecified atom stereocenters. The fraction of sp³-hybridized carbons (Fsp3) is 0.294. The van der Waals surface area contributed by atoms with Crippen LogP contribution < -0.4 is 0 Å². The molecule has 0 aliphatic rings. The maximum Gasteiger partial charge on any atom is 0.167 e. The maximum absolute atomic E-state index is 12.1. The van der Waals surface area contributed by atoms with Gasteiger partial charge in [0.2, 0.25) is 0 Å². The molecule has 0 aliphatic heterocycles. The molecule has 0 N–H and O–H groups in total. The SMILES string of the molecule is CC(OCCc1cccc(Br)c1)C(=O)Cc1ccc(Cl)cn1. The molecule has 0 amide bonds. The van der Waals surface area contributed by atoms with Gasteiger partial charge in [-0.25, -0.2) is 0 Å². The van der Waals surface area contributed by atoms with Crippen molar-refractivity contribution in [2.24, 2.45) is 0 Å². The minimum absolute atomic E-state index is 0.0177. The van der Waals surface area contributed by atoms with Crippen molar-refractivity contribution in [1.29, 1.82) is 0 Å². The van der Waals surface area contributed by atoms with Gasteiger partial charge in [-0.3, -0.25) is 9.78 Å². The van der Waals surface area contributed by atoms with Gasteiger partial charge in [-0.2, -0.15) is 0 Å². The molecule has 1 atom stereocenters. The van der Waals surface area contributed by atoms with Crippen LogP contribution in [-0.4, -0.2) is 23.5 Å². The van der Waals surface area contributed by atoms with Crippen molar-refractivity contribution < 1.29 is 9.53 Å². The van der Waals surface area contributed by atoms with Crippen LogP contribution >= 0.6 is 27.5 Å². The predicted molar refractivity (Wildman–Crippen MR) is 91.2 cm³/mol. The van der Waals surface area contributed by atoms with Crippen LogP contribution in [0.1, 0.15) is 18.2 Å². The van der Waals surface area contributed by atoms with E-state index in [9.17, 15) is 4.79 Å². The Kier molecular flexibility index (Phi) is 6.55. The number of carbonyl (C=O) groups excluding carboxylic acids is 1. The van der Waals surface area contributed by atoms with E-state index in [4.69, 9.17) is 16.3 Å². The molecule has 0 spiro atoms. The highest BCUT2D eigenvalue weighted by molar-refractivity contribution is 9.10. The molecule has 0 aliphatic carbocycles. The third kappa shape index (κ3) is 5.52. The van der Waals surface area contributed by atoms with Crippen LogP contribution in [0.5, 0.6) is 0 Å². The quantitative estimate of drug-likeness (QED) is 0.718. The first-order chi connectivity index (χ1) is 10.5. The number of hydrogen-bond donors (Lipinski definition) is 0. The normalized spacial score (nSPS) is 12.1. The number of hydrogen-bond acceptors (Lipinski definition) is 3. The van der Waals surface area contributed by atoms with Gasteiger partial charge in [0, 0.05) is 16.4 Å². The van der Waals surface area contributed by atoms with Gasteiger partial charge in [-0.1, -0.05) is 39.7 Å². The lowest BCUT2D eigenvalue weighted by molar-refractivity contribution is -0.128. The van der Waals surface area contributed by atoms with Crippen molar-refractivity contribution in [3.63, 3.8) is 0 Å². The molecule has 0 saturated heterocycles. The van der Waals surface area contributed by atoms with Gasteiger partial charge < -0.3 is 4.74 Å². The van der Waals surface area contributed by atoms with Gasteiger partial charge in [-0.15, -0.1) is 0 Å². The van der Waals surface area contributed by atoms with Gasteiger partial charge in [0.05, 0.1) is 18.1 Å². The summed E-state index contributed by atoms with van der Waals surface area (Å²) in [7, 11) is 0. The second-order valence-electron chi connectivity index (χ2n) is 5.00. The number of halogens is 2. The molecule has 0 fully saturated rings. The number of aromatic nitrogens is 1. The molecule has 2 rings (SSSR count). The Bertz CT molecular complexity index is 631. The molecule has 22 heavy (non-hydrogen) atoms. The molecule has 116 valence electrons. The van der Waals surface area contributed by atoms with E-state index in [2.05, 4.69) is 20.9 Å². The number of Topliss-reactive ketones (excluding diaryl/α,β-unsaturated/α-hetero) is 1. The summed E-state index contributed by atoms with van der Waals surface area (Å²) in [5.41, 5.74) is 1.88. The molecule has 0 radical (unpaired) electrons. The molecule has 1 heterocycles. The minimum atomic E-state index is -0.440. The average molecular weight is 383 g/mol. The third-order valence-corrected chi connectivity index (χ3v) is 3.96. The van der Waals surface area contributed by atoms with Gasteiger partial charge >= 0.3 is 0 Å². The van der Waals surface area contributed by atoms with Crippen LogP contribution in [0.2, 0.25) is 5.02 Å². The number of ketones is 1. The van der Waals surface area contributed by atoms with Gasteiger partial charge in [0.1, 0.15) is 6.10 Å². The molecule has 0 bridgehead atoms. The predicted octanol–water partition coefficient (Wildman–Crippen LogP) is 4.26. The van der Waals surface area contributed by atoms with E-state index in [0.29, 0.717) is 17.3 Å². The first-order valence-corrected chi connectivity index (χ1v) is 8.21.